The lowest BCUT2D eigenvalue weighted by Gasteiger charge is -2.37. The van der Waals surface area contributed by atoms with Crippen LogP contribution >= 0.6 is 0 Å². The van der Waals surface area contributed by atoms with Crippen LogP contribution in [0.4, 0.5) is 0 Å². The van der Waals surface area contributed by atoms with Crippen LogP contribution in [0.15, 0.2) is 30.3 Å². The molecule has 5 nitrogen and oxygen atoms in total. The third-order valence-electron chi connectivity index (χ3n) is 4.29. The molecule has 0 saturated heterocycles. The Balaban J connectivity index is 2.52. The number of aliphatic carboxylic acids is 1. The first-order chi connectivity index (χ1) is 11.1. The second kappa shape index (κ2) is 9.32. The Labute approximate surface area is 146 Å². The van der Waals surface area contributed by atoms with Crippen LogP contribution in [-0.4, -0.2) is 45.3 Å². The first-order valence-corrected chi connectivity index (χ1v) is 11.1. The molecule has 0 aromatic heterocycles. The summed E-state index contributed by atoms with van der Waals surface area (Å²) >= 11 is 0. The Morgan fingerprint density at radius 3 is 2.33 bits per heavy atom. The summed E-state index contributed by atoms with van der Waals surface area (Å²) in [5, 5.41) is 8.92. The van der Waals surface area contributed by atoms with Gasteiger partial charge in [0.1, 0.15) is 12.7 Å². The lowest BCUT2D eigenvalue weighted by molar-refractivity contribution is -0.146. The van der Waals surface area contributed by atoms with Crippen LogP contribution in [0.1, 0.15) is 26.3 Å². The smallest absolute Gasteiger partial charge is 0.329 e. The van der Waals surface area contributed by atoms with Gasteiger partial charge in [-0.1, -0.05) is 51.1 Å². The van der Waals surface area contributed by atoms with E-state index in [-0.39, 0.29) is 17.7 Å². The molecule has 0 aliphatic rings. The number of rotatable bonds is 10. The minimum absolute atomic E-state index is 0.0925. The largest absolute Gasteiger partial charge is 0.480 e. The third-order valence-corrected chi connectivity index (χ3v) is 8.79. The molecule has 1 aromatic carbocycles. The van der Waals surface area contributed by atoms with Gasteiger partial charge >= 0.3 is 5.97 Å². The molecule has 1 aromatic rings. The summed E-state index contributed by atoms with van der Waals surface area (Å²) in [5.74, 6) is -0.990. The van der Waals surface area contributed by atoms with Crippen LogP contribution in [0.5, 0.6) is 0 Å². The maximum atomic E-state index is 10.8. The fourth-order valence-electron chi connectivity index (χ4n) is 1.73. The molecule has 1 rings (SSSR count). The predicted molar refractivity (Wildman–Crippen MR) is 96.6 cm³/mol. The Morgan fingerprint density at radius 1 is 1.17 bits per heavy atom. The van der Waals surface area contributed by atoms with Gasteiger partial charge in [-0.25, -0.2) is 4.79 Å². The molecule has 0 bridgehead atoms. The quantitative estimate of drug-likeness (QED) is 0.649. The maximum absolute atomic E-state index is 10.8. The van der Waals surface area contributed by atoms with Crippen molar-refractivity contribution in [1.29, 1.82) is 0 Å². The molecule has 0 amide bonds. The second-order valence-electron chi connectivity index (χ2n) is 7.40. The molecule has 1 atom stereocenters. The second-order valence-corrected chi connectivity index (χ2v) is 12.2. The van der Waals surface area contributed by atoms with Gasteiger partial charge in [0.2, 0.25) is 0 Å². The zero-order valence-electron chi connectivity index (χ0n) is 15.4. The van der Waals surface area contributed by atoms with Crippen molar-refractivity contribution in [2.45, 2.75) is 51.6 Å². The van der Waals surface area contributed by atoms with Crippen LogP contribution < -0.4 is 0 Å². The first-order valence-electron chi connectivity index (χ1n) is 8.21. The molecule has 0 aliphatic carbocycles. The van der Waals surface area contributed by atoms with E-state index in [1.165, 1.54) is 0 Å². The highest BCUT2D eigenvalue weighted by atomic mass is 28.4. The predicted octanol–water partition coefficient (Wildman–Crippen LogP) is 3.69. The van der Waals surface area contributed by atoms with E-state index in [9.17, 15) is 4.79 Å². The molecular formula is C18H30O5Si. The average Bonchev–Trinajstić information content (AvgIpc) is 2.49. The number of hydrogen-bond acceptors (Lipinski definition) is 4. The summed E-state index contributed by atoms with van der Waals surface area (Å²) in [7, 11) is -1.91. The zero-order chi connectivity index (χ0) is 18.2. The molecule has 0 heterocycles. The molecule has 1 N–H and O–H groups in total. The van der Waals surface area contributed by atoms with E-state index in [0.29, 0.717) is 19.8 Å². The standard InChI is InChI=1S/C18H30O5Si/c1-18(2,3)24(4,5)23-13-16(22-14-17(19)20)12-21-11-15-9-7-6-8-10-15/h6-10,16H,11-14H2,1-5H3,(H,19,20). The fourth-order valence-corrected chi connectivity index (χ4v) is 2.77. The van der Waals surface area contributed by atoms with E-state index in [1.807, 2.05) is 30.3 Å². The summed E-state index contributed by atoms with van der Waals surface area (Å²) in [4.78, 5) is 10.8. The van der Waals surface area contributed by atoms with Gasteiger partial charge in [-0.15, -0.1) is 0 Å². The Kier molecular flexibility index (Phi) is 8.09. The average molecular weight is 355 g/mol. The monoisotopic (exact) mass is 354 g/mol. The summed E-state index contributed by atoms with van der Waals surface area (Å²) in [6, 6.07) is 9.84. The molecule has 0 saturated carbocycles. The Bertz CT molecular complexity index is 496. The van der Waals surface area contributed by atoms with E-state index in [2.05, 4.69) is 33.9 Å². The topological polar surface area (TPSA) is 65.0 Å². The Hall–Kier alpha value is -1.21. The van der Waals surface area contributed by atoms with Gasteiger partial charge in [-0.2, -0.15) is 0 Å². The van der Waals surface area contributed by atoms with Crippen molar-refractivity contribution in [3.63, 3.8) is 0 Å². The van der Waals surface area contributed by atoms with Crippen molar-refractivity contribution in [2.24, 2.45) is 0 Å². The van der Waals surface area contributed by atoms with Gasteiger partial charge < -0.3 is 19.0 Å². The third kappa shape index (κ3) is 7.57. The van der Waals surface area contributed by atoms with Crippen LogP contribution in [0, 0.1) is 0 Å². The van der Waals surface area contributed by atoms with E-state index >= 15 is 0 Å². The lowest BCUT2D eigenvalue weighted by atomic mass is 10.2. The van der Waals surface area contributed by atoms with Gasteiger partial charge in [-0.05, 0) is 23.7 Å². The normalized spacial score (nSPS) is 13.7. The SMILES string of the molecule is CC(C)(C)[Si](C)(C)OCC(COCc1ccccc1)OCC(=O)O. The van der Waals surface area contributed by atoms with Crippen molar-refractivity contribution < 1.29 is 23.8 Å². The van der Waals surface area contributed by atoms with Gasteiger partial charge in [0.25, 0.3) is 0 Å². The van der Waals surface area contributed by atoms with Crippen molar-refractivity contribution in [2.75, 3.05) is 19.8 Å². The highest BCUT2D eigenvalue weighted by molar-refractivity contribution is 6.74. The van der Waals surface area contributed by atoms with Crippen molar-refractivity contribution in [3.8, 4) is 0 Å². The molecule has 0 radical (unpaired) electrons. The summed E-state index contributed by atoms with van der Waals surface area (Å²) in [5.41, 5.74) is 1.07. The molecule has 24 heavy (non-hydrogen) atoms. The zero-order valence-corrected chi connectivity index (χ0v) is 16.4. The maximum Gasteiger partial charge on any atom is 0.329 e. The Morgan fingerprint density at radius 2 is 1.79 bits per heavy atom. The molecular weight excluding hydrogens is 324 g/mol. The van der Waals surface area contributed by atoms with Crippen LogP contribution in [0.2, 0.25) is 18.1 Å². The van der Waals surface area contributed by atoms with Gasteiger partial charge in [0.15, 0.2) is 8.32 Å². The van der Waals surface area contributed by atoms with Crippen molar-refractivity contribution in [1.82, 2.24) is 0 Å². The molecule has 6 heteroatoms. The van der Waals surface area contributed by atoms with E-state index in [1.54, 1.807) is 0 Å². The number of hydrogen-bond donors (Lipinski definition) is 1. The van der Waals surface area contributed by atoms with Crippen LogP contribution in [0.3, 0.4) is 0 Å². The number of carbonyl (C=O) groups is 1. The summed E-state index contributed by atoms with van der Waals surface area (Å²) in [6.45, 7) is 11.6. The molecule has 0 spiro atoms. The highest BCUT2D eigenvalue weighted by Crippen LogP contribution is 2.36. The molecule has 0 aliphatic heterocycles. The van der Waals surface area contributed by atoms with Crippen LogP contribution in [-0.2, 0) is 25.3 Å². The first kappa shape index (κ1) is 20.8. The number of ether oxygens (including phenoxy) is 2. The van der Waals surface area contributed by atoms with Crippen LogP contribution in [0.25, 0.3) is 0 Å². The molecule has 1 unspecified atom stereocenters. The molecule has 136 valence electrons. The van der Waals surface area contributed by atoms with E-state index < -0.39 is 14.3 Å². The van der Waals surface area contributed by atoms with E-state index in [4.69, 9.17) is 19.0 Å². The van der Waals surface area contributed by atoms with E-state index in [0.717, 1.165) is 5.56 Å². The van der Waals surface area contributed by atoms with Gasteiger partial charge in [0.05, 0.1) is 19.8 Å². The number of carboxylic acid groups (broad SMARTS) is 1. The van der Waals surface area contributed by atoms with Gasteiger partial charge in [-0.3, -0.25) is 0 Å². The minimum Gasteiger partial charge on any atom is -0.480 e. The molecule has 0 fully saturated rings. The number of benzene rings is 1. The number of carboxylic acids is 1. The summed E-state index contributed by atoms with van der Waals surface area (Å²) < 4.78 is 17.2. The summed E-state index contributed by atoms with van der Waals surface area (Å²) in [6.07, 6.45) is -0.390. The highest BCUT2D eigenvalue weighted by Gasteiger charge is 2.37. The van der Waals surface area contributed by atoms with Crippen molar-refractivity contribution in [3.05, 3.63) is 35.9 Å². The van der Waals surface area contributed by atoms with Gasteiger partial charge in [0, 0.05) is 0 Å². The lowest BCUT2D eigenvalue weighted by Crippen LogP contribution is -2.43. The van der Waals surface area contributed by atoms with Crippen molar-refractivity contribution >= 4 is 14.3 Å². The fraction of sp³-hybridized carbons (Fsp3) is 0.611. The minimum atomic E-state index is -1.91.